The lowest BCUT2D eigenvalue weighted by Crippen LogP contribution is -2.49. The Bertz CT molecular complexity index is 656. The maximum atomic E-state index is 12.5. The molecule has 0 N–H and O–H groups in total. The van der Waals surface area contributed by atoms with Gasteiger partial charge in [0.2, 0.25) is 0 Å². The number of Topliss-reactive ketones (excluding diaryl/α,β-unsaturated/α-hetero) is 1. The highest BCUT2D eigenvalue weighted by atomic mass is 35.5. The first-order chi connectivity index (χ1) is 10.2. The van der Waals surface area contributed by atoms with Crippen LogP contribution in [0.3, 0.4) is 0 Å². The second-order valence-electron chi connectivity index (χ2n) is 6.17. The number of ketones is 1. The minimum absolute atomic E-state index is 0.242. The fourth-order valence-electron chi connectivity index (χ4n) is 3.30. The van der Waals surface area contributed by atoms with Gasteiger partial charge in [-0.3, -0.25) is 14.4 Å². The topological polar surface area (TPSA) is 69.7 Å². The van der Waals surface area contributed by atoms with Crippen LogP contribution in [0, 0.1) is 11.3 Å². The summed E-state index contributed by atoms with van der Waals surface area (Å²) in [5.41, 5.74) is -0.868. The zero-order valence-corrected chi connectivity index (χ0v) is 13.1. The quantitative estimate of drug-likeness (QED) is 0.618. The van der Waals surface area contributed by atoms with Gasteiger partial charge in [0.25, 0.3) is 5.79 Å². The van der Waals surface area contributed by atoms with Crippen LogP contribution in [0.4, 0.5) is 0 Å². The van der Waals surface area contributed by atoms with Gasteiger partial charge in [-0.25, -0.2) is 0 Å². The molecule has 1 aromatic carbocycles. The monoisotopic (exact) mass is 322 g/mol. The Labute approximate surface area is 132 Å². The summed E-state index contributed by atoms with van der Waals surface area (Å²) in [7, 11) is 0. The van der Waals surface area contributed by atoms with E-state index >= 15 is 0 Å². The number of carbonyl (C=O) groups excluding carboxylic acids is 3. The smallest absolute Gasteiger partial charge is 0.328 e. The number of carbonyl (C=O) groups is 3. The van der Waals surface area contributed by atoms with E-state index in [0.29, 0.717) is 10.6 Å². The molecule has 1 aromatic rings. The van der Waals surface area contributed by atoms with Gasteiger partial charge in [0.15, 0.2) is 5.41 Å². The van der Waals surface area contributed by atoms with Crippen molar-refractivity contribution >= 4 is 29.3 Å². The molecule has 0 radical (unpaired) electrons. The highest BCUT2D eigenvalue weighted by molar-refractivity contribution is 6.30. The van der Waals surface area contributed by atoms with Crippen LogP contribution in [0.5, 0.6) is 0 Å². The molecule has 6 heteroatoms. The van der Waals surface area contributed by atoms with Gasteiger partial charge in [-0.1, -0.05) is 23.7 Å². The average molecular weight is 323 g/mol. The molecule has 2 fully saturated rings. The molecule has 116 valence electrons. The first kappa shape index (κ1) is 15.0. The zero-order valence-electron chi connectivity index (χ0n) is 12.4. The molecule has 1 aliphatic carbocycles. The Morgan fingerprint density at radius 1 is 1.09 bits per heavy atom. The van der Waals surface area contributed by atoms with Crippen LogP contribution < -0.4 is 0 Å². The molecule has 0 unspecified atom stereocenters. The second-order valence-corrected chi connectivity index (χ2v) is 6.60. The number of hydrogen-bond donors (Lipinski definition) is 0. The number of hydrogen-bond acceptors (Lipinski definition) is 5. The molecule has 1 heterocycles. The summed E-state index contributed by atoms with van der Waals surface area (Å²) in [5.74, 6) is -4.28. The lowest BCUT2D eigenvalue weighted by molar-refractivity contribution is -0.244. The Morgan fingerprint density at radius 3 is 2.05 bits per heavy atom. The predicted molar refractivity (Wildman–Crippen MR) is 77.1 cm³/mol. The number of benzene rings is 1. The van der Waals surface area contributed by atoms with Crippen LogP contribution in [0.15, 0.2) is 24.3 Å². The lowest BCUT2D eigenvalue weighted by atomic mass is 9.97. The maximum absolute atomic E-state index is 12.5. The fourth-order valence-corrected chi connectivity index (χ4v) is 3.42. The minimum Gasteiger partial charge on any atom is -0.422 e. The van der Waals surface area contributed by atoms with Gasteiger partial charge < -0.3 is 9.47 Å². The third-order valence-electron chi connectivity index (χ3n) is 4.22. The fraction of sp³-hybridized carbons (Fsp3) is 0.438. The summed E-state index contributed by atoms with van der Waals surface area (Å²) < 4.78 is 10.4. The zero-order chi connectivity index (χ0) is 16.3. The molecule has 5 nitrogen and oxygen atoms in total. The van der Waals surface area contributed by atoms with Gasteiger partial charge in [0, 0.05) is 24.8 Å². The van der Waals surface area contributed by atoms with Crippen molar-refractivity contribution in [2.45, 2.75) is 32.5 Å². The van der Waals surface area contributed by atoms with Crippen molar-refractivity contribution in [2.75, 3.05) is 0 Å². The van der Waals surface area contributed by atoms with Gasteiger partial charge in [-0.2, -0.15) is 0 Å². The molecule has 1 aliphatic heterocycles. The van der Waals surface area contributed by atoms with Crippen LogP contribution >= 0.6 is 11.6 Å². The molecular formula is C16H15ClO5. The molecule has 1 saturated heterocycles. The summed E-state index contributed by atoms with van der Waals surface area (Å²) in [6.07, 6.45) is 0. The van der Waals surface area contributed by atoms with Crippen LogP contribution in [0.2, 0.25) is 5.02 Å². The largest absolute Gasteiger partial charge is 0.422 e. The third kappa shape index (κ3) is 1.96. The van der Waals surface area contributed by atoms with Crippen molar-refractivity contribution < 1.29 is 23.9 Å². The van der Waals surface area contributed by atoms with Crippen LogP contribution in [-0.4, -0.2) is 23.5 Å². The number of halogens is 1. The summed E-state index contributed by atoms with van der Waals surface area (Å²) in [5, 5.41) is 0.535. The molecule has 1 saturated carbocycles. The van der Waals surface area contributed by atoms with E-state index < -0.39 is 35.0 Å². The third-order valence-corrected chi connectivity index (χ3v) is 4.48. The highest BCUT2D eigenvalue weighted by Crippen LogP contribution is 2.68. The Balaban J connectivity index is 2.05. The predicted octanol–water partition coefficient (Wildman–Crippen LogP) is 2.46. The molecule has 2 atom stereocenters. The standard InChI is InChI=1S/C16H15ClO5/c1-8(18)11-12(9-4-6-10(17)7-5-9)16(11)13(19)21-15(2,3)22-14(16)20/h4-7,11-12H,1-3H3/t11-,12+/m1/s1. The molecule has 22 heavy (non-hydrogen) atoms. The molecule has 3 rings (SSSR count). The Hall–Kier alpha value is -1.88. The lowest BCUT2D eigenvalue weighted by Gasteiger charge is -2.33. The number of esters is 2. The van der Waals surface area contributed by atoms with Gasteiger partial charge in [-0.15, -0.1) is 0 Å². The number of rotatable bonds is 2. The summed E-state index contributed by atoms with van der Waals surface area (Å²) in [6, 6.07) is 6.73. The van der Waals surface area contributed by atoms with Crippen molar-refractivity contribution in [3.05, 3.63) is 34.9 Å². The van der Waals surface area contributed by atoms with Gasteiger partial charge in [0.1, 0.15) is 5.78 Å². The van der Waals surface area contributed by atoms with Gasteiger partial charge in [0.05, 0.1) is 5.92 Å². The van der Waals surface area contributed by atoms with Crippen LogP contribution in [0.25, 0.3) is 0 Å². The van der Waals surface area contributed by atoms with E-state index in [2.05, 4.69) is 0 Å². The summed E-state index contributed by atoms with van der Waals surface area (Å²) in [6.45, 7) is 4.33. The normalized spacial score (nSPS) is 28.0. The van der Waals surface area contributed by atoms with Crippen molar-refractivity contribution in [1.82, 2.24) is 0 Å². The molecule has 0 aromatic heterocycles. The second kappa shape index (κ2) is 4.56. The Morgan fingerprint density at radius 2 is 1.59 bits per heavy atom. The van der Waals surface area contributed by atoms with E-state index in [1.165, 1.54) is 20.8 Å². The van der Waals surface area contributed by atoms with E-state index in [0.717, 1.165) is 0 Å². The SMILES string of the molecule is CC(=O)[C@@H]1[C@H](c2ccc(Cl)cc2)C12C(=O)OC(C)(C)OC2=O. The van der Waals surface area contributed by atoms with Crippen molar-refractivity contribution in [1.29, 1.82) is 0 Å². The van der Waals surface area contributed by atoms with E-state index in [9.17, 15) is 14.4 Å². The van der Waals surface area contributed by atoms with Crippen LogP contribution in [-0.2, 0) is 23.9 Å². The van der Waals surface area contributed by atoms with Gasteiger partial charge >= 0.3 is 11.9 Å². The van der Waals surface area contributed by atoms with E-state index in [1.54, 1.807) is 24.3 Å². The van der Waals surface area contributed by atoms with E-state index in [-0.39, 0.29) is 5.78 Å². The molecule has 2 aliphatic rings. The molecule has 0 amide bonds. The molecule has 0 bridgehead atoms. The van der Waals surface area contributed by atoms with Crippen molar-refractivity contribution in [2.24, 2.45) is 11.3 Å². The Kier molecular flexibility index (Phi) is 3.11. The average Bonchev–Trinajstić information content (AvgIpc) is 3.08. The summed E-state index contributed by atoms with van der Waals surface area (Å²) >= 11 is 5.86. The molecular weight excluding hydrogens is 308 g/mol. The van der Waals surface area contributed by atoms with Crippen molar-refractivity contribution in [3.63, 3.8) is 0 Å². The first-order valence-corrected chi connectivity index (χ1v) is 7.31. The first-order valence-electron chi connectivity index (χ1n) is 6.93. The van der Waals surface area contributed by atoms with Crippen molar-refractivity contribution in [3.8, 4) is 0 Å². The summed E-state index contributed by atoms with van der Waals surface area (Å²) in [4.78, 5) is 36.9. The highest BCUT2D eigenvalue weighted by Gasteiger charge is 2.81. The van der Waals surface area contributed by atoms with Crippen LogP contribution in [0.1, 0.15) is 32.3 Å². The van der Waals surface area contributed by atoms with Gasteiger partial charge in [-0.05, 0) is 24.6 Å². The van der Waals surface area contributed by atoms with E-state index in [4.69, 9.17) is 21.1 Å². The minimum atomic E-state index is -1.56. The maximum Gasteiger partial charge on any atom is 0.328 e. The van der Waals surface area contributed by atoms with E-state index in [1.807, 2.05) is 0 Å². The number of ether oxygens (including phenoxy) is 2. The number of cyclic esters (lactones) is 2. The molecule has 1 spiro atoms.